The predicted molar refractivity (Wildman–Crippen MR) is 70.3 cm³/mol. The highest BCUT2D eigenvalue weighted by molar-refractivity contribution is 5.62. The molecule has 0 radical (unpaired) electrons. The molecule has 0 atom stereocenters. The summed E-state index contributed by atoms with van der Waals surface area (Å²) < 4.78 is 1.89. The van der Waals surface area contributed by atoms with E-state index in [2.05, 4.69) is 35.0 Å². The zero-order valence-electron chi connectivity index (χ0n) is 10.4. The number of hydrogen-bond donors (Lipinski definition) is 0. The summed E-state index contributed by atoms with van der Waals surface area (Å²) >= 11 is 0. The summed E-state index contributed by atoms with van der Waals surface area (Å²) in [4.78, 5) is 8.49. The number of aromatic nitrogens is 4. The van der Waals surface area contributed by atoms with E-state index >= 15 is 0 Å². The summed E-state index contributed by atoms with van der Waals surface area (Å²) in [6, 6.07) is 5.93. The van der Waals surface area contributed by atoms with Crippen LogP contribution < -0.4 is 0 Å². The zero-order valence-corrected chi connectivity index (χ0v) is 10.4. The largest absolute Gasteiger partial charge is 0.240 e. The second-order valence-electron chi connectivity index (χ2n) is 4.57. The molecule has 0 aliphatic carbocycles. The van der Waals surface area contributed by atoms with Gasteiger partial charge in [-0.2, -0.15) is 5.10 Å². The topological polar surface area (TPSA) is 43.1 Å². The monoisotopic (exact) mass is 238 g/mol. The Labute approximate surface area is 105 Å². The van der Waals surface area contributed by atoms with Crippen molar-refractivity contribution < 1.29 is 0 Å². The molecule has 4 nitrogen and oxygen atoms in total. The standard InChI is InChI=1S/C14H14N4/c1-10(2)12-8-17-18-9-11(4-5-13(12)18)14-15-6-3-7-16-14/h3-10H,1-2H3. The van der Waals surface area contributed by atoms with Crippen LogP contribution in [0.1, 0.15) is 25.3 Å². The van der Waals surface area contributed by atoms with Crippen molar-refractivity contribution in [3.8, 4) is 11.4 Å². The minimum Gasteiger partial charge on any atom is -0.240 e. The van der Waals surface area contributed by atoms with Gasteiger partial charge in [0.1, 0.15) is 0 Å². The van der Waals surface area contributed by atoms with E-state index in [0.29, 0.717) is 5.92 Å². The van der Waals surface area contributed by atoms with Crippen LogP contribution >= 0.6 is 0 Å². The Kier molecular flexibility index (Phi) is 2.55. The van der Waals surface area contributed by atoms with E-state index in [4.69, 9.17) is 0 Å². The maximum Gasteiger partial charge on any atom is 0.160 e. The van der Waals surface area contributed by atoms with Gasteiger partial charge in [-0.05, 0) is 24.1 Å². The lowest BCUT2D eigenvalue weighted by Crippen LogP contribution is -1.93. The van der Waals surface area contributed by atoms with Gasteiger partial charge >= 0.3 is 0 Å². The van der Waals surface area contributed by atoms with Gasteiger partial charge in [-0.15, -0.1) is 0 Å². The molecule has 0 amide bonds. The second-order valence-corrected chi connectivity index (χ2v) is 4.57. The van der Waals surface area contributed by atoms with Gasteiger partial charge in [0.15, 0.2) is 5.82 Å². The smallest absolute Gasteiger partial charge is 0.160 e. The minimum atomic E-state index is 0.473. The van der Waals surface area contributed by atoms with Crippen molar-refractivity contribution in [2.24, 2.45) is 0 Å². The van der Waals surface area contributed by atoms with Gasteiger partial charge in [0, 0.05) is 29.7 Å². The van der Waals surface area contributed by atoms with Crippen LogP contribution in [0, 0.1) is 0 Å². The number of fused-ring (bicyclic) bond motifs is 1. The molecule has 4 heteroatoms. The first-order valence-corrected chi connectivity index (χ1v) is 6.00. The summed E-state index contributed by atoms with van der Waals surface area (Å²) in [5.74, 6) is 1.20. The molecule has 0 bridgehead atoms. The summed E-state index contributed by atoms with van der Waals surface area (Å²) in [5, 5.41) is 4.39. The summed E-state index contributed by atoms with van der Waals surface area (Å²) in [5.41, 5.74) is 3.38. The molecule has 0 saturated carbocycles. The first kappa shape index (κ1) is 10.9. The van der Waals surface area contributed by atoms with Gasteiger partial charge < -0.3 is 0 Å². The van der Waals surface area contributed by atoms with E-state index in [1.165, 1.54) is 5.56 Å². The lowest BCUT2D eigenvalue weighted by molar-refractivity contribution is 0.875. The Bertz CT molecular complexity index is 671. The zero-order chi connectivity index (χ0) is 12.5. The first-order chi connectivity index (χ1) is 8.75. The molecule has 0 N–H and O–H groups in total. The minimum absolute atomic E-state index is 0.473. The van der Waals surface area contributed by atoms with E-state index in [1.807, 2.05) is 29.0 Å². The molecule has 0 unspecified atom stereocenters. The fourth-order valence-corrected chi connectivity index (χ4v) is 2.03. The van der Waals surface area contributed by atoms with Crippen molar-refractivity contribution in [2.75, 3.05) is 0 Å². The molecule has 0 spiro atoms. The molecule has 3 rings (SSSR count). The van der Waals surface area contributed by atoms with E-state index < -0.39 is 0 Å². The van der Waals surface area contributed by atoms with Crippen LogP contribution in [0.2, 0.25) is 0 Å². The fraction of sp³-hybridized carbons (Fsp3) is 0.214. The van der Waals surface area contributed by atoms with E-state index in [1.54, 1.807) is 12.4 Å². The van der Waals surface area contributed by atoms with Gasteiger partial charge in [-0.1, -0.05) is 13.8 Å². The average Bonchev–Trinajstić information content (AvgIpc) is 2.82. The van der Waals surface area contributed by atoms with Crippen LogP contribution in [0.3, 0.4) is 0 Å². The van der Waals surface area contributed by atoms with Crippen LogP contribution in [0.25, 0.3) is 16.9 Å². The maximum absolute atomic E-state index is 4.39. The lowest BCUT2D eigenvalue weighted by Gasteiger charge is -2.03. The molecule has 3 heterocycles. The van der Waals surface area contributed by atoms with Gasteiger partial charge in [-0.25, -0.2) is 14.5 Å². The number of pyridine rings is 1. The van der Waals surface area contributed by atoms with Crippen LogP contribution in [0.5, 0.6) is 0 Å². The van der Waals surface area contributed by atoms with Crippen LogP contribution in [-0.2, 0) is 0 Å². The van der Waals surface area contributed by atoms with E-state index in [9.17, 15) is 0 Å². The van der Waals surface area contributed by atoms with E-state index in [0.717, 1.165) is 16.9 Å². The normalized spacial score (nSPS) is 11.3. The van der Waals surface area contributed by atoms with E-state index in [-0.39, 0.29) is 0 Å². The fourth-order valence-electron chi connectivity index (χ4n) is 2.03. The third-order valence-electron chi connectivity index (χ3n) is 2.99. The third kappa shape index (κ3) is 1.76. The van der Waals surface area contributed by atoms with Crippen molar-refractivity contribution in [2.45, 2.75) is 19.8 Å². The van der Waals surface area contributed by atoms with Crippen molar-refractivity contribution in [1.82, 2.24) is 19.6 Å². The highest BCUT2D eigenvalue weighted by Gasteiger charge is 2.09. The Morgan fingerprint density at radius 2 is 1.89 bits per heavy atom. The first-order valence-electron chi connectivity index (χ1n) is 6.00. The number of hydrogen-bond acceptors (Lipinski definition) is 3. The summed E-state index contributed by atoms with van der Waals surface area (Å²) in [7, 11) is 0. The summed E-state index contributed by atoms with van der Waals surface area (Å²) in [6.45, 7) is 4.34. The van der Waals surface area contributed by atoms with Crippen LogP contribution in [0.4, 0.5) is 0 Å². The highest BCUT2D eigenvalue weighted by atomic mass is 15.2. The van der Waals surface area contributed by atoms with Gasteiger partial charge in [-0.3, -0.25) is 0 Å². The average molecular weight is 238 g/mol. The Hall–Kier alpha value is -2.23. The quantitative estimate of drug-likeness (QED) is 0.689. The summed E-state index contributed by atoms with van der Waals surface area (Å²) in [6.07, 6.45) is 7.39. The Balaban J connectivity index is 2.13. The molecular weight excluding hydrogens is 224 g/mol. The molecule has 3 aromatic rings. The second kappa shape index (κ2) is 4.22. The van der Waals surface area contributed by atoms with Gasteiger partial charge in [0.05, 0.1) is 11.7 Å². The Morgan fingerprint density at radius 1 is 1.11 bits per heavy atom. The van der Waals surface area contributed by atoms with Gasteiger partial charge in [0.2, 0.25) is 0 Å². The molecule has 0 fully saturated rings. The maximum atomic E-state index is 4.39. The molecule has 90 valence electrons. The molecule has 18 heavy (non-hydrogen) atoms. The Morgan fingerprint density at radius 3 is 2.61 bits per heavy atom. The molecule has 3 aromatic heterocycles. The third-order valence-corrected chi connectivity index (χ3v) is 2.99. The number of nitrogens with zero attached hydrogens (tertiary/aromatic N) is 4. The molecule has 0 aliphatic heterocycles. The predicted octanol–water partition coefficient (Wildman–Crippen LogP) is 2.91. The highest BCUT2D eigenvalue weighted by Crippen LogP contribution is 2.22. The van der Waals surface area contributed by atoms with Crippen molar-refractivity contribution in [3.63, 3.8) is 0 Å². The van der Waals surface area contributed by atoms with Crippen molar-refractivity contribution in [3.05, 3.63) is 48.5 Å². The lowest BCUT2D eigenvalue weighted by atomic mass is 10.1. The van der Waals surface area contributed by atoms with Crippen LogP contribution in [0.15, 0.2) is 43.0 Å². The molecule has 0 aromatic carbocycles. The van der Waals surface area contributed by atoms with Crippen molar-refractivity contribution >= 4 is 5.52 Å². The molecule has 0 saturated heterocycles. The molecular formula is C14H14N4. The van der Waals surface area contributed by atoms with Crippen LogP contribution in [-0.4, -0.2) is 19.6 Å². The molecule has 0 aliphatic rings. The van der Waals surface area contributed by atoms with Crippen molar-refractivity contribution in [1.29, 1.82) is 0 Å². The van der Waals surface area contributed by atoms with Gasteiger partial charge in [0.25, 0.3) is 0 Å². The number of rotatable bonds is 2. The SMILES string of the molecule is CC(C)c1cnn2cc(-c3ncccn3)ccc12.